The van der Waals surface area contributed by atoms with Crippen LogP contribution in [0.4, 0.5) is 0 Å². The van der Waals surface area contributed by atoms with Gasteiger partial charge in [0.05, 0.1) is 31.2 Å². The molecule has 8 heteroatoms. The predicted octanol–water partition coefficient (Wildman–Crippen LogP) is 1.25. The van der Waals surface area contributed by atoms with Gasteiger partial charge in [-0.05, 0) is 13.0 Å². The van der Waals surface area contributed by atoms with Crippen molar-refractivity contribution < 1.29 is 13.9 Å². The van der Waals surface area contributed by atoms with Crippen LogP contribution in [0.1, 0.15) is 15.6 Å². The summed E-state index contributed by atoms with van der Waals surface area (Å²) < 4.78 is 10.8. The Balaban J connectivity index is 1.36. The SMILES string of the molecule is Cc1nnc(CCNC(=O)[C@]23COC[C@H]2CN(Cc2ccoc2)C3)s1. The molecule has 0 aliphatic carbocycles. The monoisotopic (exact) mass is 362 g/mol. The minimum Gasteiger partial charge on any atom is -0.472 e. The average molecular weight is 362 g/mol. The van der Waals surface area contributed by atoms with Gasteiger partial charge in [-0.3, -0.25) is 9.69 Å². The second kappa shape index (κ2) is 6.86. The Labute approximate surface area is 150 Å². The number of hydrogen-bond acceptors (Lipinski definition) is 7. The number of carbonyl (C=O) groups is 1. The molecule has 2 aliphatic heterocycles. The molecule has 2 fully saturated rings. The number of fused-ring (bicyclic) bond motifs is 1. The average Bonchev–Trinajstić information content (AvgIpc) is 3.32. The van der Waals surface area contributed by atoms with Crippen LogP contribution in [0.15, 0.2) is 23.0 Å². The number of nitrogens with zero attached hydrogens (tertiary/aromatic N) is 3. The Hall–Kier alpha value is -1.77. The van der Waals surface area contributed by atoms with Gasteiger partial charge in [-0.1, -0.05) is 0 Å². The molecule has 2 aromatic heterocycles. The first-order chi connectivity index (χ1) is 12.2. The van der Waals surface area contributed by atoms with Gasteiger partial charge in [-0.2, -0.15) is 0 Å². The molecule has 25 heavy (non-hydrogen) atoms. The minimum absolute atomic E-state index is 0.103. The van der Waals surface area contributed by atoms with Gasteiger partial charge in [-0.15, -0.1) is 21.5 Å². The van der Waals surface area contributed by atoms with Crippen molar-refractivity contribution in [2.45, 2.75) is 19.9 Å². The van der Waals surface area contributed by atoms with Crippen LogP contribution in [0.5, 0.6) is 0 Å². The van der Waals surface area contributed by atoms with Crippen molar-refractivity contribution in [3.63, 3.8) is 0 Å². The van der Waals surface area contributed by atoms with Crippen molar-refractivity contribution in [1.82, 2.24) is 20.4 Å². The Kier molecular flexibility index (Phi) is 4.58. The van der Waals surface area contributed by atoms with Crippen LogP contribution < -0.4 is 5.32 Å². The van der Waals surface area contributed by atoms with Gasteiger partial charge < -0.3 is 14.5 Å². The van der Waals surface area contributed by atoms with E-state index in [1.807, 2.05) is 13.0 Å². The van der Waals surface area contributed by atoms with Crippen molar-refractivity contribution in [2.24, 2.45) is 11.3 Å². The van der Waals surface area contributed by atoms with Crippen molar-refractivity contribution in [3.05, 3.63) is 34.2 Å². The largest absolute Gasteiger partial charge is 0.472 e. The quantitative estimate of drug-likeness (QED) is 0.833. The van der Waals surface area contributed by atoms with Crippen molar-refractivity contribution in [3.8, 4) is 0 Å². The highest BCUT2D eigenvalue weighted by Gasteiger charge is 2.55. The molecule has 0 unspecified atom stereocenters. The van der Waals surface area contributed by atoms with Crippen LogP contribution in [-0.4, -0.2) is 53.9 Å². The van der Waals surface area contributed by atoms with Gasteiger partial charge in [0, 0.05) is 44.1 Å². The summed E-state index contributed by atoms with van der Waals surface area (Å²) in [7, 11) is 0. The van der Waals surface area contributed by atoms with E-state index >= 15 is 0 Å². The lowest BCUT2D eigenvalue weighted by Gasteiger charge is -2.26. The molecule has 0 bridgehead atoms. The molecule has 134 valence electrons. The van der Waals surface area contributed by atoms with Crippen LogP contribution in [0, 0.1) is 18.3 Å². The molecule has 2 aromatic rings. The summed E-state index contributed by atoms with van der Waals surface area (Å²) >= 11 is 1.58. The smallest absolute Gasteiger partial charge is 0.230 e. The van der Waals surface area contributed by atoms with Crippen LogP contribution >= 0.6 is 11.3 Å². The fourth-order valence-electron chi connectivity index (χ4n) is 3.82. The van der Waals surface area contributed by atoms with Gasteiger partial charge in [-0.25, -0.2) is 0 Å². The number of hydrogen-bond donors (Lipinski definition) is 1. The van der Waals surface area contributed by atoms with E-state index in [2.05, 4.69) is 20.4 Å². The van der Waals surface area contributed by atoms with E-state index in [1.165, 1.54) is 0 Å². The summed E-state index contributed by atoms with van der Waals surface area (Å²) in [6, 6.07) is 1.97. The van der Waals surface area contributed by atoms with Crippen molar-refractivity contribution in [2.75, 3.05) is 32.8 Å². The lowest BCUT2D eigenvalue weighted by molar-refractivity contribution is -0.131. The summed E-state index contributed by atoms with van der Waals surface area (Å²) in [5.41, 5.74) is 0.712. The van der Waals surface area contributed by atoms with Crippen LogP contribution in [0.25, 0.3) is 0 Å². The summed E-state index contributed by atoms with van der Waals surface area (Å²) in [6.07, 6.45) is 4.17. The zero-order chi connectivity index (χ0) is 17.3. The maximum absolute atomic E-state index is 12.9. The number of furan rings is 1. The topological polar surface area (TPSA) is 80.5 Å². The molecule has 2 aliphatic rings. The standard InChI is InChI=1S/C17H22N4O3S/c1-12-19-20-15(25-12)2-4-18-16(22)17-10-21(6-13-3-5-23-8-13)7-14(17)9-24-11-17/h3,5,8,14H,2,4,6-7,9-11H2,1H3,(H,18,22)/t14-,17-/m1/s1. The molecule has 0 aromatic carbocycles. The fourth-order valence-corrected chi connectivity index (χ4v) is 4.53. The Morgan fingerprint density at radius 1 is 1.52 bits per heavy atom. The molecule has 1 amide bonds. The summed E-state index contributed by atoms with van der Waals surface area (Å²) in [6.45, 7) is 6.11. The number of aromatic nitrogens is 2. The second-order valence-corrected chi connectivity index (χ2v) is 8.16. The van der Waals surface area contributed by atoms with Crippen LogP contribution in [0.3, 0.4) is 0 Å². The van der Waals surface area contributed by atoms with E-state index in [0.717, 1.165) is 41.6 Å². The lowest BCUT2D eigenvalue weighted by Crippen LogP contribution is -2.47. The van der Waals surface area contributed by atoms with Crippen LogP contribution in [-0.2, 0) is 22.5 Å². The first-order valence-electron chi connectivity index (χ1n) is 8.54. The number of nitrogens with one attached hydrogen (secondary N) is 1. The van der Waals surface area contributed by atoms with Crippen molar-refractivity contribution >= 4 is 17.2 Å². The molecule has 4 heterocycles. The van der Waals surface area contributed by atoms with Gasteiger partial charge in [0.15, 0.2) is 0 Å². The zero-order valence-corrected chi connectivity index (χ0v) is 15.1. The Morgan fingerprint density at radius 2 is 2.44 bits per heavy atom. The lowest BCUT2D eigenvalue weighted by atomic mass is 9.80. The molecular formula is C17H22N4O3S. The Morgan fingerprint density at radius 3 is 3.20 bits per heavy atom. The summed E-state index contributed by atoms with van der Waals surface area (Å²) in [5.74, 6) is 0.356. The zero-order valence-electron chi connectivity index (χ0n) is 14.2. The minimum atomic E-state index is -0.430. The third-order valence-corrected chi connectivity index (χ3v) is 5.97. The summed E-state index contributed by atoms with van der Waals surface area (Å²) in [5, 5.41) is 13.1. The highest BCUT2D eigenvalue weighted by atomic mass is 32.1. The molecule has 0 radical (unpaired) electrons. The molecule has 0 spiro atoms. The van der Waals surface area contributed by atoms with E-state index in [0.29, 0.717) is 19.8 Å². The highest BCUT2D eigenvalue weighted by molar-refractivity contribution is 7.11. The molecule has 2 saturated heterocycles. The van der Waals surface area contributed by atoms with Gasteiger partial charge >= 0.3 is 0 Å². The molecule has 0 saturated carbocycles. The predicted molar refractivity (Wildman–Crippen MR) is 92.1 cm³/mol. The maximum atomic E-state index is 12.9. The molecule has 7 nitrogen and oxygen atoms in total. The van der Waals surface area contributed by atoms with Gasteiger partial charge in [0.25, 0.3) is 0 Å². The maximum Gasteiger partial charge on any atom is 0.230 e. The molecule has 4 rings (SSSR count). The van der Waals surface area contributed by atoms with E-state index in [4.69, 9.17) is 9.15 Å². The first kappa shape index (κ1) is 16.7. The van der Waals surface area contributed by atoms with Crippen LogP contribution in [0.2, 0.25) is 0 Å². The van der Waals surface area contributed by atoms with E-state index in [9.17, 15) is 4.79 Å². The van der Waals surface area contributed by atoms with Gasteiger partial charge in [0.2, 0.25) is 5.91 Å². The third kappa shape index (κ3) is 3.33. The number of rotatable bonds is 6. The Bertz CT molecular complexity index is 732. The fraction of sp³-hybridized carbons (Fsp3) is 0.588. The third-order valence-electron chi connectivity index (χ3n) is 5.08. The highest BCUT2D eigenvalue weighted by Crippen LogP contribution is 2.42. The number of aryl methyl sites for hydroxylation is 1. The van der Waals surface area contributed by atoms with E-state index in [-0.39, 0.29) is 11.8 Å². The second-order valence-electron chi connectivity index (χ2n) is 6.89. The summed E-state index contributed by atoms with van der Waals surface area (Å²) in [4.78, 5) is 15.2. The number of likely N-dealkylation sites (tertiary alicyclic amines) is 1. The van der Waals surface area contributed by atoms with E-state index < -0.39 is 5.41 Å². The number of ether oxygens (including phenoxy) is 1. The number of carbonyl (C=O) groups excluding carboxylic acids is 1. The van der Waals surface area contributed by atoms with Gasteiger partial charge in [0.1, 0.15) is 10.0 Å². The van der Waals surface area contributed by atoms with Crippen molar-refractivity contribution in [1.29, 1.82) is 0 Å². The number of amides is 1. The molecule has 2 atom stereocenters. The van der Waals surface area contributed by atoms with E-state index in [1.54, 1.807) is 23.9 Å². The molecular weight excluding hydrogens is 340 g/mol. The normalized spacial score (nSPS) is 26.0. The molecule has 1 N–H and O–H groups in total. The first-order valence-corrected chi connectivity index (χ1v) is 9.36.